The lowest BCUT2D eigenvalue weighted by atomic mass is 10.0. The highest BCUT2D eigenvalue weighted by molar-refractivity contribution is 5.98. The van der Waals surface area contributed by atoms with Crippen molar-refractivity contribution in [2.75, 3.05) is 6.61 Å². The monoisotopic (exact) mass is 376 g/mol. The number of amides is 1. The van der Waals surface area contributed by atoms with Gasteiger partial charge in [-0.05, 0) is 41.2 Å². The van der Waals surface area contributed by atoms with E-state index in [0.717, 1.165) is 16.7 Å². The average molecular weight is 376 g/mol. The molecule has 0 heterocycles. The van der Waals surface area contributed by atoms with Gasteiger partial charge in [-0.15, -0.1) is 0 Å². The number of esters is 1. The molecule has 28 heavy (non-hydrogen) atoms. The van der Waals surface area contributed by atoms with E-state index in [9.17, 15) is 14.9 Å². The molecule has 0 spiro atoms. The molecular weight excluding hydrogens is 352 g/mol. The highest BCUT2D eigenvalue weighted by Gasteiger charge is 2.13. The van der Waals surface area contributed by atoms with Crippen LogP contribution in [0.15, 0.2) is 54.1 Å². The Hall–Kier alpha value is -3.39. The van der Waals surface area contributed by atoms with Crippen LogP contribution in [0.4, 0.5) is 0 Å². The molecular formula is C23H24N2O3. The van der Waals surface area contributed by atoms with Gasteiger partial charge in [0.1, 0.15) is 11.6 Å². The smallest absolute Gasteiger partial charge is 0.349 e. The van der Waals surface area contributed by atoms with Crippen LogP contribution in [0.5, 0.6) is 0 Å². The second kappa shape index (κ2) is 10.1. The summed E-state index contributed by atoms with van der Waals surface area (Å²) >= 11 is 0. The van der Waals surface area contributed by atoms with Gasteiger partial charge >= 0.3 is 5.97 Å². The van der Waals surface area contributed by atoms with E-state index in [1.807, 2.05) is 61.5 Å². The molecule has 1 amide bonds. The fourth-order valence-electron chi connectivity index (χ4n) is 2.54. The maximum atomic E-state index is 12.1. The minimum atomic E-state index is -0.818. The van der Waals surface area contributed by atoms with Crippen LogP contribution in [0.3, 0.4) is 0 Å². The molecule has 0 aromatic heterocycles. The number of nitrogens with zero attached hydrogens (tertiary/aromatic N) is 1. The lowest BCUT2D eigenvalue weighted by Crippen LogP contribution is -2.28. The molecule has 5 heteroatoms. The van der Waals surface area contributed by atoms with E-state index in [1.54, 1.807) is 0 Å². The summed E-state index contributed by atoms with van der Waals surface area (Å²) in [5.41, 5.74) is 3.80. The quantitative estimate of drug-likeness (QED) is 0.452. The Labute approximate surface area is 165 Å². The fourth-order valence-corrected chi connectivity index (χ4v) is 2.54. The van der Waals surface area contributed by atoms with Crippen LogP contribution in [0.25, 0.3) is 6.08 Å². The Morgan fingerprint density at radius 3 is 2.43 bits per heavy atom. The number of hydrogen-bond acceptors (Lipinski definition) is 4. The van der Waals surface area contributed by atoms with Crippen LogP contribution >= 0.6 is 0 Å². The first-order valence-electron chi connectivity index (χ1n) is 9.10. The van der Waals surface area contributed by atoms with Crippen molar-refractivity contribution in [2.24, 2.45) is 0 Å². The number of nitrogens with one attached hydrogen (secondary N) is 1. The standard InChI is InChI=1S/C23H24N2O3/c1-16(2)19-10-8-18(9-11-19)12-21(13-24)23(27)28-15-22(26)25-14-20-7-5-4-6-17(20)3/h4-12,16H,14-15H2,1-3H3,(H,25,26)/b21-12+. The molecule has 0 atom stereocenters. The zero-order valence-corrected chi connectivity index (χ0v) is 16.4. The molecule has 0 saturated carbocycles. The van der Waals surface area contributed by atoms with E-state index >= 15 is 0 Å². The predicted octanol–water partition coefficient (Wildman–Crippen LogP) is 3.89. The minimum absolute atomic E-state index is 0.149. The molecule has 5 nitrogen and oxygen atoms in total. The summed E-state index contributed by atoms with van der Waals surface area (Å²) in [4.78, 5) is 24.0. The zero-order chi connectivity index (χ0) is 20.5. The normalized spacial score (nSPS) is 11.0. The first-order valence-corrected chi connectivity index (χ1v) is 9.10. The number of benzene rings is 2. The maximum Gasteiger partial charge on any atom is 0.349 e. The molecule has 144 valence electrons. The first-order chi connectivity index (χ1) is 13.4. The van der Waals surface area contributed by atoms with Gasteiger partial charge in [0.15, 0.2) is 6.61 Å². The number of carbonyl (C=O) groups is 2. The van der Waals surface area contributed by atoms with Gasteiger partial charge in [0.05, 0.1) is 0 Å². The van der Waals surface area contributed by atoms with Crippen LogP contribution in [0, 0.1) is 18.3 Å². The van der Waals surface area contributed by atoms with Gasteiger partial charge in [0, 0.05) is 6.54 Å². The fraction of sp³-hybridized carbons (Fsp3) is 0.261. The Kier molecular flexibility index (Phi) is 7.53. The van der Waals surface area contributed by atoms with Crippen LogP contribution in [0.1, 0.15) is 42.0 Å². The van der Waals surface area contributed by atoms with E-state index in [-0.39, 0.29) is 5.57 Å². The second-order valence-electron chi connectivity index (χ2n) is 6.77. The second-order valence-corrected chi connectivity index (χ2v) is 6.77. The van der Waals surface area contributed by atoms with Crippen LogP contribution in [-0.4, -0.2) is 18.5 Å². The van der Waals surface area contributed by atoms with Gasteiger partial charge in [0.2, 0.25) is 0 Å². The zero-order valence-electron chi connectivity index (χ0n) is 16.4. The highest BCUT2D eigenvalue weighted by Crippen LogP contribution is 2.16. The number of ether oxygens (including phenoxy) is 1. The molecule has 2 aromatic rings. The number of aryl methyl sites for hydroxylation is 1. The van der Waals surface area contributed by atoms with Crippen LogP contribution in [0.2, 0.25) is 0 Å². The van der Waals surface area contributed by atoms with E-state index in [1.165, 1.54) is 11.6 Å². The van der Waals surface area contributed by atoms with Crippen LogP contribution < -0.4 is 5.32 Å². The molecule has 2 rings (SSSR count). The number of carbonyl (C=O) groups excluding carboxylic acids is 2. The number of rotatable bonds is 7. The van der Waals surface area contributed by atoms with Crippen molar-refractivity contribution in [3.8, 4) is 6.07 Å². The van der Waals surface area contributed by atoms with Crippen molar-refractivity contribution in [3.05, 3.63) is 76.4 Å². The van der Waals surface area contributed by atoms with Crippen molar-refractivity contribution in [1.82, 2.24) is 5.32 Å². The molecule has 0 fully saturated rings. The van der Waals surface area contributed by atoms with E-state index in [2.05, 4.69) is 19.2 Å². The molecule has 2 aromatic carbocycles. The van der Waals surface area contributed by atoms with Crippen molar-refractivity contribution >= 4 is 18.0 Å². The van der Waals surface area contributed by atoms with Crippen LogP contribution in [-0.2, 0) is 20.9 Å². The molecule has 0 aliphatic heterocycles. The largest absolute Gasteiger partial charge is 0.451 e. The lowest BCUT2D eigenvalue weighted by Gasteiger charge is -2.08. The van der Waals surface area contributed by atoms with E-state index < -0.39 is 18.5 Å². The molecule has 0 aliphatic rings. The minimum Gasteiger partial charge on any atom is -0.451 e. The summed E-state index contributed by atoms with van der Waals surface area (Å²) in [5, 5.41) is 11.9. The Bertz CT molecular complexity index is 906. The van der Waals surface area contributed by atoms with Gasteiger partial charge in [-0.1, -0.05) is 62.4 Å². The topological polar surface area (TPSA) is 79.2 Å². The van der Waals surface area contributed by atoms with E-state index in [0.29, 0.717) is 12.5 Å². The highest BCUT2D eigenvalue weighted by atomic mass is 16.5. The lowest BCUT2D eigenvalue weighted by molar-refractivity contribution is -0.144. The summed E-state index contributed by atoms with van der Waals surface area (Å²) in [5.74, 6) is -0.840. The van der Waals surface area contributed by atoms with Gasteiger partial charge in [-0.3, -0.25) is 4.79 Å². The molecule has 0 aliphatic carbocycles. The number of hydrogen-bond donors (Lipinski definition) is 1. The SMILES string of the molecule is Cc1ccccc1CNC(=O)COC(=O)/C(C#N)=C/c1ccc(C(C)C)cc1. The predicted molar refractivity (Wildman–Crippen MR) is 108 cm³/mol. The molecule has 0 bridgehead atoms. The summed E-state index contributed by atoms with van der Waals surface area (Å²) < 4.78 is 4.97. The van der Waals surface area contributed by atoms with Gasteiger partial charge in [-0.25, -0.2) is 4.79 Å². The van der Waals surface area contributed by atoms with Crippen molar-refractivity contribution < 1.29 is 14.3 Å². The third-order valence-electron chi connectivity index (χ3n) is 4.33. The van der Waals surface area contributed by atoms with E-state index in [4.69, 9.17) is 4.74 Å². The Balaban J connectivity index is 1.90. The summed E-state index contributed by atoms with van der Waals surface area (Å²) in [6, 6.07) is 17.1. The van der Waals surface area contributed by atoms with Gasteiger partial charge < -0.3 is 10.1 Å². The summed E-state index contributed by atoms with van der Waals surface area (Å²) in [6.07, 6.45) is 1.46. The Morgan fingerprint density at radius 1 is 1.14 bits per heavy atom. The third kappa shape index (κ3) is 6.10. The Morgan fingerprint density at radius 2 is 1.82 bits per heavy atom. The molecule has 1 N–H and O–H groups in total. The first kappa shape index (κ1) is 20.9. The van der Waals surface area contributed by atoms with Crippen molar-refractivity contribution in [2.45, 2.75) is 33.2 Å². The van der Waals surface area contributed by atoms with Gasteiger partial charge in [-0.2, -0.15) is 5.26 Å². The summed E-state index contributed by atoms with van der Waals surface area (Å²) in [6.45, 7) is 6.06. The molecule has 0 saturated heterocycles. The third-order valence-corrected chi connectivity index (χ3v) is 4.33. The van der Waals surface area contributed by atoms with Crippen molar-refractivity contribution in [1.29, 1.82) is 5.26 Å². The molecule has 0 unspecified atom stereocenters. The maximum absolute atomic E-state index is 12.1. The number of nitriles is 1. The molecule has 0 radical (unpaired) electrons. The average Bonchev–Trinajstić information content (AvgIpc) is 2.70. The summed E-state index contributed by atoms with van der Waals surface area (Å²) in [7, 11) is 0. The van der Waals surface area contributed by atoms with Gasteiger partial charge in [0.25, 0.3) is 5.91 Å². The van der Waals surface area contributed by atoms with Crippen molar-refractivity contribution in [3.63, 3.8) is 0 Å².